The fourth-order valence-corrected chi connectivity index (χ4v) is 0.992. The van der Waals surface area contributed by atoms with Crippen molar-refractivity contribution in [3.8, 4) is 5.75 Å². The molecule has 0 saturated carbocycles. The van der Waals surface area contributed by atoms with Crippen LogP contribution in [0.5, 0.6) is 5.75 Å². The fraction of sp³-hybridized carbons (Fsp3) is 0.364. The Balaban J connectivity index is 2.68. The van der Waals surface area contributed by atoms with Crippen molar-refractivity contribution in [3.05, 3.63) is 29.8 Å². The van der Waals surface area contributed by atoms with Crippen LogP contribution in [0.4, 0.5) is 0 Å². The van der Waals surface area contributed by atoms with Gasteiger partial charge in [-0.1, -0.05) is 6.92 Å². The van der Waals surface area contributed by atoms with Crippen LogP contribution < -0.4 is 4.74 Å². The van der Waals surface area contributed by atoms with E-state index >= 15 is 0 Å². The number of hydrogen-bond acceptors (Lipinski definition) is 2. The molecule has 0 fully saturated rings. The normalized spacial score (nSPS) is 12.1. The Morgan fingerprint density at radius 3 is 2.43 bits per heavy atom. The molecule has 1 unspecified atom stereocenters. The molecule has 0 aliphatic carbocycles. The summed E-state index contributed by atoms with van der Waals surface area (Å²) in [5.41, 5.74) is 0.279. The molecule has 3 nitrogen and oxygen atoms in total. The third kappa shape index (κ3) is 2.76. The highest BCUT2D eigenvalue weighted by molar-refractivity contribution is 5.87. The number of benzene rings is 1. The second kappa shape index (κ2) is 4.65. The summed E-state index contributed by atoms with van der Waals surface area (Å²) in [7, 11) is 0. The molecule has 1 rings (SSSR count). The molecule has 1 N–H and O–H groups in total. The topological polar surface area (TPSA) is 46.5 Å². The molecule has 0 aliphatic heterocycles. The zero-order chi connectivity index (χ0) is 10.6. The number of ether oxygens (including phenoxy) is 1. The van der Waals surface area contributed by atoms with Crippen LogP contribution in [0, 0.1) is 0 Å². The van der Waals surface area contributed by atoms with Gasteiger partial charge in [0.25, 0.3) is 0 Å². The molecule has 0 heterocycles. The molecule has 0 amide bonds. The third-order valence-electron chi connectivity index (χ3n) is 2.01. The maximum atomic E-state index is 10.5. The lowest BCUT2D eigenvalue weighted by Crippen LogP contribution is -2.09. The van der Waals surface area contributed by atoms with Crippen LogP contribution in [-0.2, 0) is 0 Å². The van der Waals surface area contributed by atoms with Crippen LogP contribution in [0.3, 0.4) is 0 Å². The van der Waals surface area contributed by atoms with Crippen LogP contribution in [0.15, 0.2) is 24.3 Å². The largest absolute Gasteiger partial charge is 0.491 e. The van der Waals surface area contributed by atoms with Gasteiger partial charge in [-0.15, -0.1) is 0 Å². The van der Waals surface area contributed by atoms with Crippen LogP contribution in [0.25, 0.3) is 0 Å². The van der Waals surface area contributed by atoms with Gasteiger partial charge < -0.3 is 9.84 Å². The fourth-order valence-electron chi connectivity index (χ4n) is 0.992. The predicted molar refractivity (Wildman–Crippen MR) is 53.8 cm³/mol. The first-order valence-electron chi connectivity index (χ1n) is 4.63. The van der Waals surface area contributed by atoms with Gasteiger partial charge in [-0.2, -0.15) is 0 Å². The highest BCUT2D eigenvalue weighted by atomic mass is 16.5. The first-order chi connectivity index (χ1) is 6.63. The van der Waals surface area contributed by atoms with Gasteiger partial charge in [0, 0.05) is 0 Å². The Hall–Kier alpha value is -1.51. The Labute approximate surface area is 83.3 Å². The van der Waals surface area contributed by atoms with Crippen molar-refractivity contribution < 1.29 is 14.6 Å². The van der Waals surface area contributed by atoms with Crippen molar-refractivity contribution in [1.82, 2.24) is 0 Å². The monoisotopic (exact) mass is 194 g/mol. The molecule has 14 heavy (non-hydrogen) atoms. The van der Waals surface area contributed by atoms with E-state index in [2.05, 4.69) is 0 Å². The van der Waals surface area contributed by atoms with Crippen molar-refractivity contribution in [1.29, 1.82) is 0 Å². The summed E-state index contributed by atoms with van der Waals surface area (Å²) in [6.45, 7) is 4.02. The lowest BCUT2D eigenvalue weighted by molar-refractivity contribution is 0.0697. The Morgan fingerprint density at radius 2 is 2.00 bits per heavy atom. The molecule has 0 bridgehead atoms. The molecule has 0 spiro atoms. The molecule has 1 atom stereocenters. The first kappa shape index (κ1) is 10.6. The van der Waals surface area contributed by atoms with Gasteiger partial charge in [0.2, 0.25) is 0 Å². The van der Waals surface area contributed by atoms with Crippen LogP contribution in [0.2, 0.25) is 0 Å². The smallest absolute Gasteiger partial charge is 0.335 e. The van der Waals surface area contributed by atoms with Crippen LogP contribution in [0.1, 0.15) is 30.6 Å². The van der Waals surface area contributed by atoms with Gasteiger partial charge >= 0.3 is 5.97 Å². The standard InChI is InChI=1S/C11H14O3/c1-3-8(2)14-10-6-4-9(5-7-10)11(12)13/h4-8H,3H2,1-2H3,(H,12,13). The van der Waals surface area contributed by atoms with Crippen LogP contribution in [-0.4, -0.2) is 17.2 Å². The summed E-state index contributed by atoms with van der Waals surface area (Å²) in [6.07, 6.45) is 1.09. The average molecular weight is 194 g/mol. The minimum absolute atomic E-state index is 0.158. The van der Waals surface area contributed by atoms with Crippen LogP contribution >= 0.6 is 0 Å². The van der Waals surface area contributed by atoms with Crippen molar-refractivity contribution in [2.75, 3.05) is 0 Å². The van der Waals surface area contributed by atoms with E-state index < -0.39 is 5.97 Å². The number of carbonyl (C=O) groups is 1. The molecule has 3 heteroatoms. The highest BCUT2D eigenvalue weighted by Gasteiger charge is 2.04. The predicted octanol–water partition coefficient (Wildman–Crippen LogP) is 2.56. The van der Waals surface area contributed by atoms with E-state index in [1.165, 1.54) is 0 Å². The zero-order valence-electron chi connectivity index (χ0n) is 8.36. The lowest BCUT2D eigenvalue weighted by Gasteiger charge is -2.12. The summed E-state index contributed by atoms with van der Waals surface area (Å²) >= 11 is 0. The number of rotatable bonds is 4. The van der Waals surface area contributed by atoms with Crippen molar-refractivity contribution in [3.63, 3.8) is 0 Å². The quantitative estimate of drug-likeness (QED) is 0.801. The van der Waals surface area contributed by atoms with Gasteiger partial charge in [0.1, 0.15) is 5.75 Å². The maximum absolute atomic E-state index is 10.5. The maximum Gasteiger partial charge on any atom is 0.335 e. The van der Waals surface area contributed by atoms with Gasteiger partial charge in [-0.25, -0.2) is 4.79 Å². The highest BCUT2D eigenvalue weighted by Crippen LogP contribution is 2.14. The summed E-state index contributed by atoms with van der Waals surface area (Å²) < 4.78 is 5.51. The molecule has 76 valence electrons. The molecule has 1 aromatic carbocycles. The van der Waals surface area contributed by atoms with Crippen molar-refractivity contribution >= 4 is 5.97 Å². The summed E-state index contributed by atoms with van der Waals surface area (Å²) in [6, 6.07) is 6.44. The summed E-state index contributed by atoms with van der Waals surface area (Å²) in [5.74, 6) is -0.204. The Kier molecular flexibility index (Phi) is 3.51. The summed E-state index contributed by atoms with van der Waals surface area (Å²) in [4.78, 5) is 10.5. The second-order valence-corrected chi connectivity index (χ2v) is 3.17. The van der Waals surface area contributed by atoms with E-state index in [1.807, 2.05) is 13.8 Å². The van der Waals surface area contributed by atoms with E-state index in [-0.39, 0.29) is 11.7 Å². The van der Waals surface area contributed by atoms with E-state index in [1.54, 1.807) is 24.3 Å². The molecule has 0 radical (unpaired) electrons. The minimum atomic E-state index is -0.917. The van der Waals surface area contributed by atoms with E-state index in [0.29, 0.717) is 5.75 Å². The van der Waals surface area contributed by atoms with E-state index in [0.717, 1.165) is 6.42 Å². The van der Waals surface area contributed by atoms with E-state index in [4.69, 9.17) is 9.84 Å². The number of carboxylic acids is 1. The SMILES string of the molecule is CCC(C)Oc1ccc(C(=O)O)cc1. The van der Waals surface area contributed by atoms with Gasteiger partial charge in [0.15, 0.2) is 0 Å². The Bertz CT molecular complexity index is 303. The Morgan fingerprint density at radius 1 is 1.43 bits per heavy atom. The molecule has 0 aromatic heterocycles. The molecule has 1 aromatic rings. The average Bonchev–Trinajstić information content (AvgIpc) is 2.18. The minimum Gasteiger partial charge on any atom is -0.491 e. The first-order valence-corrected chi connectivity index (χ1v) is 4.63. The lowest BCUT2D eigenvalue weighted by atomic mass is 10.2. The molecular weight excluding hydrogens is 180 g/mol. The number of hydrogen-bond donors (Lipinski definition) is 1. The van der Waals surface area contributed by atoms with E-state index in [9.17, 15) is 4.79 Å². The molecular formula is C11H14O3. The van der Waals surface area contributed by atoms with Crippen molar-refractivity contribution in [2.45, 2.75) is 26.4 Å². The van der Waals surface area contributed by atoms with Gasteiger partial charge in [-0.3, -0.25) is 0 Å². The van der Waals surface area contributed by atoms with Crippen molar-refractivity contribution in [2.24, 2.45) is 0 Å². The molecule has 0 aliphatic rings. The number of carboxylic acid groups (broad SMARTS) is 1. The zero-order valence-corrected chi connectivity index (χ0v) is 8.36. The van der Waals surface area contributed by atoms with Gasteiger partial charge in [-0.05, 0) is 37.6 Å². The third-order valence-corrected chi connectivity index (χ3v) is 2.01. The molecule has 0 saturated heterocycles. The van der Waals surface area contributed by atoms with Gasteiger partial charge in [0.05, 0.1) is 11.7 Å². The second-order valence-electron chi connectivity index (χ2n) is 3.17. The summed E-state index contributed by atoms with van der Waals surface area (Å²) in [5, 5.41) is 8.66. The number of aromatic carboxylic acids is 1.